The molecule has 0 aliphatic carbocycles. The van der Waals surface area contributed by atoms with E-state index in [1.807, 2.05) is 36.7 Å². The van der Waals surface area contributed by atoms with Crippen LogP contribution in [0.4, 0.5) is 0 Å². The number of methoxy groups -OCH3 is 2. The van der Waals surface area contributed by atoms with Gasteiger partial charge >= 0.3 is 0 Å². The molecule has 0 saturated carbocycles. The van der Waals surface area contributed by atoms with Gasteiger partial charge in [-0.15, -0.1) is 0 Å². The third kappa shape index (κ3) is 3.02. The molecule has 3 heterocycles. The normalized spacial score (nSPS) is 18.8. The number of ether oxygens (including phenoxy) is 2. The largest absolute Gasteiger partial charge is 0.493 e. The minimum Gasteiger partial charge on any atom is -0.493 e. The third-order valence-corrected chi connectivity index (χ3v) is 4.82. The van der Waals surface area contributed by atoms with E-state index in [0.717, 1.165) is 29.2 Å². The summed E-state index contributed by atoms with van der Waals surface area (Å²) in [6, 6.07) is 14.3. The SMILES string of the molecule is COc1cc2c(cc1OC)[C@H](c1ccccn1)N[C@H](c1cccnc1)C2. The molecule has 0 amide bonds. The zero-order chi connectivity index (χ0) is 17.9. The summed E-state index contributed by atoms with van der Waals surface area (Å²) < 4.78 is 11.0. The van der Waals surface area contributed by atoms with Gasteiger partial charge in [-0.3, -0.25) is 15.3 Å². The van der Waals surface area contributed by atoms with Crippen molar-refractivity contribution >= 4 is 0 Å². The number of rotatable bonds is 4. The van der Waals surface area contributed by atoms with Crippen molar-refractivity contribution in [3.05, 3.63) is 83.4 Å². The van der Waals surface area contributed by atoms with Gasteiger partial charge in [0.05, 0.1) is 26.0 Å². The van der Waals surface area contributed by atoms with Gasteiger partial charge in [0.2, 0.25) is 0 Å². The van der Waals surface area contributed by atoms with Crippen LogP contribution in [0.1, 0.15) is 34.5 Å². The maximum atomic E-state index is 5.51. The molecular formula is C21H21N3O2. The summed E-state index contributed by atoms with van der Waals surface area (Å²) >= 11 is 0. The fourth-order valence-corrected chi connectivity index (χ4v) is 3.54. The Morgan fingerprint density at radius 2 is 1.85 bits per heavy atom. The van der Waals surface area contributed by atoms with E-state index in [9.17, 15) is 0 Å². The number of benzene rings is 1. The van der Waals surface area contributed by atoms with Gasteiger partial charge in [0.25, 0.3) is 0 Å². The fourth-order valence-electron chi connectivity index (χ4n) is 3.54. The van der Waals surface area contributed by atoms with Gasteiger partial charge in [-0.1, -0.05) is 12.1 Å². The lowest BCUT2D eigenvalue weighted by Gasteiger charge is -2.34. The number of aromatic nitrogens is 2. The second-order valence-corrected chi connectivity index (χ2v) is 6.30. The molecule has 2 atom stereocenters. The summed E-state index contributed by atoms with van der Waals surface area (Å²) in [5, 5.41) is 3.73. The number of nitrogens with one attached hydrogen (secondary N) is 1. The van der Waals surface area contributed by atoms with Crippen molar-refractivity contribution in [3.63, 3.8) is 0 Å². The monoisotopic (exact) mass is 347 g/mol. The second-order valence-electron chi connectivity index (χ2n) is 6.30. The van der Waals surface area contributed by atoms with E-state index < -0.39 is 0 Å². The van der Waals surface area contributed by atoms with E-state index >= 15 is 0 Å². The van der Waals surface area contributed by atoms with Crippen LogP contribution in [-0.2, 0) is 6.42 Å². The molecule has 0 radical (unpaired) electrons. The van der Waals surface area contributed by atoms with Gasteiger partial charge in [0.1, 0.15) is 0 Å². The third-order valence-electron chi connectivity index (χ3n) is 4.82. The van der Waals surface area contributed by atoms with Gasteiger partial charge in [0, 0.05) is 24.6 Å². The molecule has 2 aromatic heterocycles. The summed E-state index contributed by atoms with van der Waals surface area (Å²) in [5.74, 6) is 1.48. The van der Waals surface area contributed by atoms with Crippen LogP contribution in [0, 0.1) is 0 Å². The highest BCUT2D eigenvalue weighted by Gasteiger charge is 2.30. The molecule has 1 aliphatic rings. The molecule has 0 spiro atoms. The topological polar surface area (TPSA) is 56.3 Å². The predicted octanol–water partition coefficient (Wildman–Crippen LogP) is 3.47. The van der Waals surface area contributed by atoms with Crippen molar-refractivity contribution in [1.29, 1.82) is 0 Å². The number of hydrogen-bond donors (Lipinski definition) is 1. The average Bonchev–Trinajstić information content (AvgIpc) is 2.73. The van der Waals surface area contributed by atoms with E-state index in [4.69, 9.17) is 9.47 Å². The van der Waals surface area contributed by atoms with Gasteiger partial charge in [-0.05, 0) is 53.4 Å². The number of fused-ring (bicyclic) bond motifs is 1. The first kappa shape index (κ1) is 16.5. The highest BCUT2D eigenvalue weighted by molar-refractivity contribution is 5.51. The van der Waals surface area contributed by atoms with Gasteiger partial charge < -0.3 is 9.47 Å². The van der Waals surface area contributed by atoms with E-state index in [-0.39, 0.29) is 12.1 Å². The second kappa shape index (κ2) is 7.14. The van der Waals surface area contributed by atoms with Crippen LogP contribution in [0.3, 0.4) is 0 Å². The van der Waals surface area contributed by atoms with Crippen LogP contribution in [-0.4, -0.2) is 24.2 Å². The van der Waals surface area contributed by atoms with E-state index in [0.29, 0.717) is 0 Å². The summed E-state index contributed by atoms with van der Waals surface area (Å²) in [5.41, 5.74) is 4.54. The highest BCUT2D eigenvalue weighted by Crippen LogP contribution is 2.40. The molecule has 26 heavy (non-hydrogen) atoms. The predicted molar refractivity (Wildman–Crippen MR) is 99.4 cm³/mol. The molecule has 0 unspecified atom stereocenters. The molecular weight excluding hydrogens is 326 g/mol. The number of hydrogen-bond acceptors (Lipinski definition) is 5. The maximum Gasteiger partial charge on any atom is 0.161 e. The molecule has 5 nitrogen and oxygen atoms in total. The Hall–Kier alpha value is -2.92. The fraction of sp³-hybridized carbons (Fsp3) is 0.238. The van der Waals surface area contributed by atoms with Crippen LogP contribution in [0.25, 0.3) is 0 Å². The van der Waals surface area contributed by atoms with Crippen LogP contribution in [0.2, 0.25) is 0 Å². The lowest BCUT2D eigenvalue weighted by molar-refractivity contribution is 0.350. The van der Waals surface area contributed by atoms with E-state index in [2.05, 4.69) is 33.5 Å². The smallest absolute Gasteiger partial charge is 0.161 e. The molecule has 1 N–H and O–H groups in total. The van der Waals surface area contributed by atoms with E-state index in [1.165, 1.54) is 11.1 Å². The lowest BCUT2D eigenvalue weighted by Crippen LogP contribution is -2.34. The molecule has 3 aromatic rings. The molecule has 5 heteroatoms. The first-order valence-corrected chi connectivity index (χ1v) is 8.62. The first-order valence-electron chi connectivity index (χ1n) is 8.62. The summed E-state index contributed by atoms with van der Waals surface area (Å²) in [4.78, 5) is 8.85. The highest BCUT2D eigenvalue weighted by atomic mass is 16.5. The van der Waals surface area contributed by atoms with Crippen molar-refractivity contribution in [1.82, 2.24) is 15.3 Å². The first-order chi connectivity index (χ1) is 12.8. The Kier molecular flexibility index (Phi) is 4.54. The Bertz CT molecular complexity index is 885. The molecule has 1 aliphatic heterocycles. The van der Waals surface area contributed by atoms with Crippen molar-refractivity contribution in [3.8, 4) is 11.5 Å². The molecule has 0 saturated heterocycles. The van der Waals surface area contributed by atoms with Crippen LogP contribution in [0.15, 0.2) is 61.1 Å². The molecule has 132 valence electrons. The Morgan fingerprint density at radius 3 is 2.54 bits per heavy atom. The van der Waals surface area contributed by atoms with Crippen molar-refractivity contribution in [2.45, 2.75) is 18.5 Å². The standard InChI is InChI=1S/C21H21N3O2/c1-25-19-11-15-10-18(14-6-5-8-22-13-14)24-21(16(15)12-20(19)26-2)17-7-3-4-9-23-17/h3-9,11-13,18,21,24H,10H2,1-2H3/t18-,21+/m0/s1. The van der Waals surface area contributed by atoms with Gasteiger partial charge in [-0.25, -0.2) is 0 Å². The molecule has 4 rings (SSSR count). The summed E-state index contributed by atoms with van der Waals surface area (Å²) in [6.45, 7) is 0. The van der Waals surface area contributed by atoms with Crippen LogP contribution in [0.5, 0.6) is 11.5 Å². The summed E-state index contributed by atoms with van der Waals surface area (Å²) in [6.07, 6.45) is 6.39. The van der Waals surface area contributed by atoms with Gasteiger partial charge in [0.15, 0.2) is 11.5 Å². The molecule has 0 bridgehead atoms. The van der Waals surface area contributed by atoms with Crippen molar-refractivity contribution in [2.24, 2.45) is 0 Å². The maximum absolute atomic E-state index is 5.51. The minimum atomic E-state index is -0.0232. The minimum absolute atomic E-state index is 0.0232. The molecule has 0 fully saturated rings. The summed E-state index contributed by atoms with van der Waals surface area (Å²) in [7, 11) is 3.33. The van der Waals surface area contributed by atoms with Crippen molar-refractivity contribution < 1.29 is 9.47 Å². The Morgan fingerprint density at radius 1 is 1.00 bits per heavy atom. The van der Waals surface area contributed by atoms with Gasteiger partial charge in [-0.2, -0.15) is 0 Å². The van der Waals surface area contributed by atoms with Crippen LogP contribution < -0.4 is 14.8 Å². The Labute approximate surface area is 153 Å². The quantitative estimate of drug-likeness (QED) is 0.783. The zero-order valence-corrected chi connectivity index (χ0v) is 14.8. The molecule has 1 aromatic carbocycles. The Balaban J connectivity index is 1.83. The number of pyridine rings is 2. The van der Waals surface area contributed by atoms with Crippen molar-refractivity contribution in [2.75, 3.05) is 14.2 Å². The van der Waals surface area contributed by atoms with Crippen LogP contribution >= 0.6 is 0 Å². The van der Waals surface area contributed by atoms with E-state index in [1.54, 1.807) is 20.4 Å². The number of nitrogens with zero attached hydrogens (tertiary/aromatic N) is 2. The average molecular weight is 347 g/mol. The zero-order valence-electron chi connectivity index (χ0n) is 14.8. The lowest BCUT2D eigenvalue weighted by atomic mass is 9.86.